The zero-order valence-electron chi connectivity index (χ0n) is 10.8. The SMILES string of the molecule is CCc1nc(CC(C)C)nc2[nH]cc(C(=O)O)c12. The second kappa shape index (κ2) is 4.76. The fourth-order valence-electron chi connectivity index (χ4n) is 2.04. The smallest absolute Gasteiger partial charge is 0.338 e. The molecule has 0 aliphatic carbocycles. The molecule has 0 bridgehead atoms. The molecule has 18 heavy (non-hydrogen) atoms. The van der Waals surface area contributed by atoms with Crippen LogP contribution < -0.4 is 0 Å². The van der Waals surface area contributed by atoms with Crippen molar-refractivity contribution in [1.29, 1.82) is 0 Å². The highest BCUT2D eigenvalue weighted by Crippen LogP contribution is 2.21. The minimum atomic E-state index is -0.948. The van der Waals surface area contributed by atoms with Crippen LogP contribution in [0.15, 0.2) is 6.20 Å². The molecule has 2 N–H and O–H groups in total. The van der Waals surface area contributed by atoms with E-state index in [4.69, 9.17) is 5.11 Å². The molecule has 0 saturated carbocycles. The molecule has 2 aromatic rings. The number of hydrogen-bond donors (Lipinski definition) is 2. The Morgan fingerprint density at radius 3 is 2.72 bits per heavy atom. The van der Waals surface area contributed by atoms with Crippen LogP contribution >= 0.6 is 0 Å². The quantitative estimate of drug-likeness (QED) is 0.869. The lowest BCUT2D eigenvalue weighted by Gasteiger charge is -2.07. The summed E-state index contributed by atoms with van der Waals surface area (Å²) in [6, 6.07) is 0. The van der Waals surface area contributed by atoms with E-state index in [1.807, 2.05) is 6.92 Å². The zero-order chi connectivity index (χ0) is 13.3. The standard InChI is InChI=1S/C13H17N3O2/c1-4-9-11-8(13(17)18)6-14-12(11)16-10(15-9)5-7(2)3/h6-7H,4-5H2,1-3H3,(H,17,18)(H,14,15,16). The van der Waals surface area contributed by atoms with E-state index in [9.17, 15) is 4.79 Å². The number of rotatable bonds is 4. The van der Waals surface area contributed by atoms with Gasteiger partial charge in [0.1, 0.15) is 11.5 Å². The number of nitrogens with one attached hydrogen (secondary N) is 1. The fourth-order valence-corrected chi connectivity index (χ4v) is 2.04. The minimum Gasteiger partial charge on any atom is -0.478 e. The molecule has 96 valence electrons. The van der Waals surface area contributed by atoms with E-state index < -0.39 is 5.97 Å². The van der Waals surface area contributed by atoms with Crippen LogP contribution in [0.1, 0.15) is 42.6 Å². The Kier molecular flexibility index (Phi) is 3.32. The summed E-state index contributed by atoms with van der Waals surface area (Å²) in [5.41, 5.74) is 1.67. The number of carboxylic acids is 1. The first-order chi connectivity index (χ1) is 8.52. The largest absolute Gasteiger partial charge is 0.478 e. The monoisotopic (exact) mass is 247 g/mol. The van der Waals surface area contributed by atoms with E-state index in [0.717, 1.165) is 17.9 Å². The second-order valence-corrected chi connectivity index (χ2v) is 4.77. The molecule has 0 radical (unpaired) electrons. The second-order valence-electron chi connectivity index (χ2n) is 4.77. The summed E-state index contributed by atoms with van der Waals surface area (Å²) < 4.78 is 0. The van der Waals surface area contributed by atoms with Crippen LogP contribution in [0.4, 0.5) is 0 Å². The van der Waals surface area contributed by atoms with E-state index >= 15 is 0 Å². The number of aromatic amines is 1. The summed E-state index contributed by atoms with van der Waals surface area (Å²) >= 11 is 0. The van der Waals surface area contributed by atoms with Crippen molar-refractivity contribution in [2.45, 2.75) is 33.6 Å². The Balaban J connectivity index is 2.61. The summed E-state index contributed by atoms with van der Waals surface area (Å²) in [6.45, 7) is 6.19. The van der Waals surface area contributed by atoms with Gasteiger partial charge in [0.05, 0.1) is 16.6 Å². The average Bonchev–Trinajstić information content (AvgIpc) is 2.70. The van der Waals surface area contributed by atoms with Crippen LogP contribution in [-0.2, 0) is 12.8 Å². The van der Waals surface area contributed by atoms with Crippen LogP contribution in [0.5, 0.6) is 0 Å². The molecule has 0 unspecified atom stereocenters. The molecule has 2 heterocycles. The summed E-state index contributed by atoms with van der Waals surface area (Å²) in [5.74, 6) is 0.297. The topological polar surface area (TPSA) is 78.9 Å². The Morgan fingerprint density at radius 1 is 1.44 bits per heavy atom. The Labute approximate surface area is 105 Å². The molecule has 5 nitrogen and oxygen atoms in total. The summed E-state index contributed by atoms with van der Waals surface area (Å²) in [7, 11) is 0. The van der Waals surface area contributed by atoms with Crippen LogP contribution in [0.25, 0.3) is 11.0 Å². The van der Waals surface area contributed by atoms with Crippen LogP contribution in [0.3, 0.4) is 0 Å². The lowest BCUT2D eigenvalue weighted by molar-refractivity contribution is 0.0699. The van der Waals surface area contributed by atoms with Crippen molar-refractivity contribution in [3.8, 4) is 0 Å². The maximum absolute atomic E-state index is 11.1. The highest BCUT2D eigenvalue weighted by atomic mass is 16.4. The molecular formula is C13H17N3O2. The number of aryl methyl sites for hydroxylation is 1. The first kappa shape index (κ1) is 12.5. The van der Waals surface area contributed by atoms with Crippen molar-refractivity contribution in [2.24, 2.45) is 5.92 Å². The van der Waals surface area contributed by atoms with Crippen molar-refractivity contribution in [1.82, 2.24) is 15.0 Å². The molecule has 0 saturated heterocycles. The lowest BCUT2D eigenvalue weighted by atomic mass is 10.1. The molecule has 0 spiro atoms. The third kappa shape index (κ3) is 2.20. The number of carboxylic acid groups (broad SMARTS) is 1. The molecule has 2 rings (SSSR count). The highest BCUT2D eigenvalue weighted by molar-refractivity contribution is 6.03. The molecule has 0 atom stereocenters. The first-order valence-corrected chi connectivity index (χ1v) is 6.13. The van der Waals surface area contributed by atoms with Crippen molar-refractivity contribution in [3.05, 3.63) is 23.3 Å². The molecule has 0 fully saturated rings. The van der Waals surface area contributed by atoms with E-state index in [2.05, 4.69) is 28.8 Å². The van der Waals surface area contributed by atoms with E-state index in [-0.39, 0.29) is 5.56 Å². The molecule has 0 aromatic carbocycles. The number of nitrogens with zero attached hydrogens (tertiary/aromatic N) is 2. The van der Waals surface area contributed by atoms with E-state index in [1.54, 1.807) is 0 Å². The Morgan fingerprint density at radius 2 is 2.17 bits per heavy atom. The number of aromatic carboxylic acids is 1. The van der Waals surface area contributed by atoms with Crippen molar-refractivity contribution >= 4 is 17.0 Å². The highest BCUT2D eigenvalue weighted by Gasteiger charge is 2.17. The number of carbonyl (C=O) groups is 1. The van der Waals surface area contributed by atoms with Crippen molar-refractivity contribution < 1.29 is 9.90 Å². The lowest BCUT2D eigenvalue weighted by Crippen LogP contribution is -2.05. The Bertz CT molecular complexity index is 587. The maximum atomic E-state index is 11.1. The molecule has 0 amide bonds. The van der Waals surface area contributed by atoms with Gasteiger partial charge in [-0.3, -0.25) is 0 Å². The molecule has 5 heteroatoms. The van der Waals surface area contributed by atoms with E-state index in [0.29, 0.717) is 23.4 Å². The van der Waals surface area contributed by atoms with Gasteiger partial charge >= 0.3 is 5.97 Å². The van der Waals surface area contributed by atoms with Crippen LogP contribution in [0.2, 0.25) is 0 Å². The van der Waals surface area contributed by atoms with Gasteiger partial charge in [0.15, 0.2) is 0 Å². The fraction of sp³-hybridized carbons (Fsp3) is 0.462. The average molecular weight is 247 g/mol. The molecule has 2 aromatic heterocycles. The predicted octanol–water partition coefficient (Wildman–Crippen LogP) is 2.42. The molecule has 0 aliphatic rings. The first-order valence-electron chi connectivity index (χ1n) is 6.13. The van der Waals surface area contributed by atoms with Gasteiger partial charge < -0.3 is 10.1 Å². The maximum Gasteiger partial charge on any atom is 0.338 e. The van der Waals surface area contributed by atoms with Gasteiger partial charge in [0, 0.05) is 12.6 Å². The number of hydrogen-bond acceptors (Lipinski definition) is 3. The number of aromatic nitrogens is 3. The van der Waals surface area contributed by atoms with Crippen molar-refractivity contribution in [3.63, 3.8) is 0 Å². The van der Waals surface area contributed by atoms with Gasteiger partial charge in [0.2, 0.25) is 0 Å². The molecule has 0 aliphatic heterocycles. The van der Waals surface area contributed by atoms with E-state index in [1.165, 1.54) is 6.20 Å². The third-order valence-corrected chi connectivity index (χ3v) is 2.81. The van der Waals surface area contributed by atoms with Gasteiger partial charge in [-0.2, -0.15) is 0 Å². The summed E-state index contributed by atoms with van der Waals surface area (Å²) in [6.07, 6.45) is 2.98. The van der Waals surface area contributed by atoms with Crippen LogP contribution in [-0.4, -0.2) is 26.0 Å². The normalized spacial score (nSPS) is 11.3. The Hall–Kier alpha value is -1.91. The van der Waals surface area contributed by atoms with Gasteiger partial charge in [-0.15, -0.1) is 0 Å². The van der Waals surface area contributed by atoms with Gasteiger partial charge in [0.25, 0.3) is 0 Å². The number of fused-ring (bicyclic) bond motifs is 1. The zero-order valence-corrected chi connectivity index (χ0v) is 10.8. The van der Waals surface area contributed by atoms with Gasteiger partial charge in [-0.05, 0) is 12.3 Å². The number of H-pyrrole nitrogens is 1. The van der Waals surface area contributed by atoms with Crippen molar-refractivity contribution in [2.75, 3.05) is 0 Å². The summed E-state index contributed by atoms with van der Waals surface area (Å²) in [4.78, 5) is 22.9. The van der Waals surface area contributed by atoms with Gasteiger partial charge in [-0.1, -0.05) is 20.8 Å². The molecular weight excluding hydrogens is 230 g/mol. The minimum absolute atomic E-state index is 0.248. The predicted molar refractivity (Wildman–Crippen MR) is 68.8 cm³/mol. The van der Waals surface area contributed by atoms with Gasteiger partial charge in [-0.25, -0.2) is 14.8 Å². The van der Waals surface area contributed by atoms with Crippen LogP contribution in [0, 0.1) is 5.92 Å². The third-order valence-electron chi connectivity index (χ3n) is 2.81. The summed E-state index contributed by atoms with van der Waals surface area (Å²) in [5, 5.41) is 9.77.